The van der Waals surface area contributed by atoms with Gasteiger partial charge in [-0.15, -0.1) is 0 Å². The van der Waals surface area contributed by atoms with Gasteiger partial charge >= 0.3 is 0 Å². The van der Waals surface area contributed by atoms with Gasteiger partial charge in [-0.05, 0) is 15.9 Å². The van der Waals surface area contributed by atoms with Crippen LogP contribution in [-0.2, 0) is 17.8 Å². The van der Waals surface area contributed by atoms with Crippen molar-refractivity contribution in [3.05, 3.63) is 22.2 Å². The number of ether oxygens (including phenoxy) is 1. The largest absolute Gasteiger partial charge is 0.376 e. The third-order valence-corrected chi connectivity index (χ3v) is 2.05. The average Bonchev–Trinajstić information content (AvgIpc) is 2.04. The van der Waals surface area contributed by atoms with Crippen LogP contribution in [0.3, 0.4) is 0 Å². The van der Waals surface area contributed by atoms with Gasteiger partial charge in [-0.3, -0.25) is 0 Å². The Balaban J connectivity index is 2.43. The molecule has 3 nitrogen and oxygen atoms in total. The van der Waals surface area contributed by atoms with Gasteiger partial charge in [0.25, 0.3) is 0 Å². The Morgan fingerprint density at radius 2 is 2.45 bits per heavy atom. The monoisotopic (exact) mass is 214 g/mol. The molecule has 0 saturated heterocycles. The van der Waals surface area contributed by atoms with Crippen molar-refractivity contribution in [3.8, 4) is 0 Å². The van der Waals surface area contributed by atoms with Crippen LogP contribution in [0.1, 0.15) is 11.3 Å². The maximum atomic E-state index is 5.24. The SMILES string of the molecule is Brc1ncc2c(n1)CCOC2. The van der Waals surface area contributed by atoms with Crippen molar-refractivity contribution in [1.29, 1.82) is 0 Å². The van der Waals surface area contributed by atoms with Gasteiger partial charge in [0.05, 0.1) is 18.9 Å². The summed E-state index contributed by atoms with van der Waals surface area (Å²) in [5.74, 6) is 0. The van der Waals surface area contributed by atoms with Gasteiger partial charge in [-0.25, -0.2) is 9.97 Å². The summed E-state index contributed by atoms with van der Waals surface area (Å²) >= 11 is 3.23. The molecule has 0 aromatic carbocycles. The van der Waals surface area contributed by atoms with E-state index in [1.165, 1.54) is 0 Å². The summed E-state index contributed by atoms with van der Waals surface area (Å²) in [7, 11) is 0. The third-order valence-electron chi connectivity index (χ3n) is 1.67. The summed E-state index contributed by atoms with van der Waals surface area (Å²) < 4.78 is 5.91. The van der Waals surface area contributed by atoms with Crippen LogP contribution in [0.2, 0.25) is 0 Å². The van der Waals surface area contributed by atoms with E-state index in [4.69, 9.17) is 4.74 Å². The summed E-state index contributed by atoms with van der Waals surface area (Å²) in [6.45, 7) is 1.43. The van der Waals surface area contributed by atoms with E-state index in [2.05, 4.69) is 25.9 Å². The predicted molar refractivity (Wildman–Crippen MR) is 43.1 cm³/mol. The van der Waals surface area contributed by atoms with Crippen molar-refractivity contribution in [3.63, 3.8) is 0 Å². The normalized spacial score (nSPS) is 16.1. The van der Waals surface area contributed by atoms with Gasteiger partial charge in [-0.1, -0.05) is 0 Å². The van der Waals surface area contributed by atoms with Crippen LogP contribution >= 0.6 is 15.9 Å². The number of hydrogen-bond donors (Lipinski definition) is 0. The van der Waals surface area contributed by atoms with Crippen molar-refractivity contribution in [2.24, 2.45) is 0 Å². The van der Waals surface area contributed by atoms with Crippen LogP contribution in [0.4, 0.5) is 0 Å². The standard InChI is InChI=1S/C7H7BrN2O/c8-7-9-3-5-4-11-2-1-6(5)10-7/h3H,1-2,4H2. The highest BCUT2D eigenvalue weighted by atomic mass is 79.9. The Kier molecular flexibility index (Phi) is 1.87. The fraction of sp³-hybridized carbons (Fsp3) is 0.429. The van der Waals surface area contributed by atoms with Crippen molar-refractivity contribution < 1.29 is 4.74 Å². The Bertz CT molecular complexity index is 277. The molecule has 0 aliphatic carbocycles. The first-order valence-electron chi connectivity index (χ1n) is 3.44. The molecule has 0 saturated carbocycles. The molecule has 0 bridgehead atoms. The van der Waals surface area contributed by atoms with E-state index in [0.717, 1.165) is 24.3 Å². The number of halogens is 1. The molecular weight excluding hydrogens is 208 g/mol. The molecule has 1 aliphatic rings. The minimum Gasteiger partial charge on any atom is -0.376 e. The second kappa shape index (κ2) is 2.87. The molecule has 2 rings (SSSR count). The zero-order valence-electron chi connectivity index (χ0n) is 5.88. The maximum absolute atomic E-state index is 5.24. The van der Waals surface area contributed by atoms with Crippen molar-refractivity contribution in [1.82, 2.24) is 9.97 Å². The van der Waals surface area contributed by atoms with E-state index in [0.29, 0.717) is 11.3 Å². The first-order valence-corrected chi connectivity index (χ1v) is 4.23. The summed E-state index contributed by atoms with van der Waals surface area (Å²) in [5.41, 5.74) is 2.22. The first kappa shape index (κ1) is 7.18. The molecule has 1 aromatic rings. The number of fused-ring (bicyclic) bond motifs is 1. The van der Waals surface area contributed by atoms with Gasteiger partial charge in [0.15, 0.2) is 4.73 Å². The lowest BCUT2D eigenvalue weighted by Gasteiger charge is -2.13. The van der Waals surface area contributed by atoms with Gasteiger partial charge in [0.1, 0.15) is 0 Å². The molecular formula is C7H7BrN2O. The molecule has 0 fully saturated rings. The highest BCUT2D eigenvalue weighted by molar-refractivity contribution is 9.10. The molecule has 0 atom stereocenters. The Morgan fingerprint density at radius 3 is 3.36 bits per heavy atom. The second-order valence-electron chi connectivity index (χ2n) is 2.41. The van der Waals surface area contributed by atoms with E-state index in [-0.39, 0.29) is 0 Å². The van der Waals surface area contributed by atoms with Crippen LogP contribution in [0.5, 0.6) is 0 Å². The summed E-state index contributed by atoms with van der Waals surface area (Å²) in [6.07, 6.45) is 2.71. The molecule has 0 radical (unpaired) electrons. The Morgan fingerprint density at radius 1 is 1.55 bits per heavy atom. The smallest absolute Gasteiger partial charge is 0.196 e. The van der Waals surface area contributed by atoms with Gasteiger partial charge < -0.3 is 4.74 Å². The van der Waals surface area contributed by atoms with Gasteiger partial charge in [-0.2, -0.15) is 0 Å². The number of hydrogen-bond acceptors (Lipinski definition) is 3. The zero-order valence-corrected chi connectivity index (χ0v) is 7.47. The quantitative estimate of drug-likeness (QED) is 0.612. The summed E-state index contributed by atoms with van der Waals surface area (Å²) in [5, 5.41) is 0. The van der Waals surface area contributed by atoms with Crippen molar-refractivity contribution in [2.45, 2.75) is 13.0 Å². The molecule has 0 spiro atoms. The number of nitrogens with zero attached hydrogens (tertiary/aromatic N) is 2. The highest BCUT2D eigenvalue weighted by Crippen LogP contribution is 2.14. The van der Waals surface area contributed by atoms with Crippen molar-refractivity contribution in [2.75, 3.05) is 6.61 Å². The molecule has 4 heteroatoms. The molecule has 2 heterocycles. The molecule has 58 valence electrons. The summed E-state index contributed by atoms with van der Waals surface area (Å²) in [4.78, 5) is 8.26. The third kappa shape index (κ3) is 1.41. The average molecular weight is 215 g/mol. The molecule has 11 heavy (non-hydrogen) atoms. The second-order valence-corrected chi connectivity index (χ2v) is 3.12. The fourth-order valence-electron chi connectivity index (χ4n) is 1.11. The molecule has 0 N–H and O–H groups in total. The minimum absolute atomic E-state index is 0.655. The van der Waals surface area contributed by atoms with Crippen molar-refractivity contribution >= 4 is 15.9 Å². The number of aromatic nitrogens is 2. The van der Waals surface area contributed by atoms with E-state index in [1.54, 1.807) is 0 Å². The predicted octanol–water partition coefficient (Wildman–Crippen LogP) is 1.31. The van der Waals surface area contributed by atoms with E-state index >= 15 is 0 Å². The lowest BCUT2D eigenvalue weighted by atomic mass is 10.1. The maximum Gasteiger partial charge on any atom is 0.196 e. The first-order chi connectivity index (χ1) is 5.36. The molecule has 1 aliphatic heterocycles. The topological polar surface area (TPSA) is 35.0 Å². The summed E-state index contributed by atoms with van der Waals surface area (Å²) in [6, 6.07) is 0. The Hall–Kier alpha value is -0.480. The lowest BCUT2D eigenvalue weighted by Crippen LogP contribution is -2.12. The van der Waals surface area contributed by atoms with Crippen LogP contribution in [0.15, 0.2) is 10.9 Å². The van der Waals surface area contributed by atoms with Crippen LogP contribution in [0, 0.1) is 0 Å². The highest BCUT2D eigenvalue weighted by Gasteiger charge is 2.10. The zero-order chi connectivity index (χ0) is 7.68. The van der Waals surface area contributed by atoms with E-state index in [1.807, 2.05) is 6.20 Å². The van der Waals surface area contributed by atoms with Crippen LogP contribution in [-0.4, -0.2) is 16.6 Å². The van der Waals surface area contributed by atoms with Gasteiger partial charge in [0.2, 0.25) is 0 Å². The van der Waals surface area contributed by atoms with Crippen LogP contribution < -0.4 is 0 Å². The molecule has 0 amide bonds. The number of rotatable bonds is 0. The Labute approximate surface area is 72.9 Å². The lowest BCUT2D eigenvalue weighted by molar-refractivity contribution is 0.108. The van der Waals surface area contributed by atoms with Crippen LogP contribution in [0.25, 0.3) is 0 Å². The fourth-order valence-corrected chi connectivity index (χ4v) is 1.42. The minimum atomic E-state index is 0.655. The van der Waals surface area contributed by atoms with E-state index < -0.39 is 0 Å². The molecule has 1 aromatic heterocycles. The van der Waals surface area contributed by atoms with Gasteiger partial charge in [0, 0.05) is 18.2 Å². The van der Waals surface area contributed by atoms with E-state index in [9.17, 15) is 0 Å². The molecule has 0 unspecified atom stereocenters.